The molecule has 0 aliphatic heterocycles. The third-order valence-electron chi connectivity index (χ3n) is 2.86. The lowest BCUT2D eigenvalue weighted by Gasteiger charge is -2.11. The minimum atomic E-state index is 0.0767. The van der Waals surface area contributed by atoms with E-state index in [0.29, 0.717) is 30.7 Å². The molecule has 0 radical (unpaired) electrons. The molecule has 1 aromatic heterocycles. The molecular formula is C15H19BrN2O3. The first-order chi connectivity index (χ1) is 10.2. The molecule has 114 valence electrons. The SMILES string of the molecule is CCOc1ccc(-c2nnc(C(Br)CC)o2)cc1OCC. The number of aromatic nitrogens is 2. The molecule has 0 amide bonds. The van der Waals surface area contributed by atoms with Crippen LogP contribution < -0.4 is 9.47 Å². The van der Waals surface area contributed by atoms with Gasteiger partial charge in [0.2, 0.25) is 11.8 Å². The highest BCUT2D eigenvalue weighted by molar-refractivity contribution is 9.09. The lowest BCUT2D eigenvalue weighted by Crippen LogP contribution is -1.98. The fraction of sp³-hybridized carbons (Fsp3) is 0.467. The van der Waals surface area contributed by atoms with E-state index in [1.54, 1.807) is 0 Å². The molecule has 0 fully saturated rings. The Balaban J connectivity index is 2.31. The summed E-state index contributed by atoms with van der Waals surface area (Å²) in [5.74, 6) is 2.46. The normalized spacial score (nSPS) is 12.2. The van der Waals surface area contributed by atoms with E-state index < -0.39 is 0 Å². The topological polar surface area (TPSA) is 57.4 Å². The van der Waals surface area contributed by atoms with Gasteiger partial charge in [0.25, 0.3) is 0 Å². The zero-order valence-electron chi connectivity index (χ0n) is 12.4. The molecule has 0 N–H and O–H groups in total. The molecule has 1 atom stereocenters. The Kier molecular flexibility index (Phi) is 5.61. The van der Waals surface area contributed by atoms with E-state index >= 15 is 0 Å². The third-order valence-corrected chi connectivity index (χ3v) is 3.90. The third kappa shape index (κ3) is 3.75. The second-order valence-corrected chi connectivity index (χ2v) is 5.45. The van der Waals surface area contributed by atoms with Gasteiger partial charge in [0.1, 0.15) is 0 Å². The van der Waals surface area contributed by atoms with Gasteiger partial charge in [-0.25, -0.2) is 0 Å². The molecule has 0 saturated heterocycles. The van der Waals surface area contributed by atoms with Crippen LogP contribution in [0.5, 0.6) is 11.5 Å². The van der Waals surface area contributed by atoms with Gasteiger partial charge in [-0.15, -0.1) is 10.2 Å². The number of nitrogens with zero attached hydrogens (tertiary/aromatic N) is 2. The predicted molar refractivity (Wildman–Crippen MR) is 84.0 cm³/mol. The first-order valence-corrected chi connectivity index (χ1v) is 7.98. The minimum Gasteiger partial charge on any atom is -0.490 e. The van der Waals surface area contributed by atoms with E-state index in [1.165, 1.54) is 0 Å². The summed E-state index contributed by atoms with van der Waals surface area (Å²) in [6.07, 6.45) is 0.884. The quantitative estimate of drug-likeness (QED) is 0.690. The number of ether oxygens (including phenoxy) is 2. The highest BCUT2D eigenvalue weighted by Crippen LogP contribution is 2.33. The molecule has 5 nitrogen and oxygen atoms in total. The van der Waals surface area contributed by atoms with Crippen LogP contribution in [0.2, 0.25) is 0 Å². The Morgan fingerprint density at radius 3 is 2.48 bits per heavy atom. The van der Waals surface area contributed by atoms with E-state index in [1.807, 2.05) is 39.0 Å². The monoisotopic (exact) mass is 354 g/mol. The summed E-state index contributed by atoms with van der Waals surface area (Å²) in [6.45, 7) is 7.08. The minimum absolute atomic E-state index is 0.0767. The van der Waals surface area contributed by atoms with Gasteiger partial charge in [-0.2, -0.15) is 0 Å². The van der Waals surface area contributed by atoms with Crippen LogP contribution in [-0.4, -0.2) is 23.4 Å². The van der Waals surface area contributed by atoms with Crippen LogP contribution in [-0.2, 0) is 0 Å². The van der Waals surface area contributed by atoms with Crippen molar-refractivity contribution in [2.45, 2.75) is 32.0 Å². The van der Waals surface area contributed by atoms with Crippen LogP contribution >= 0.6 is 15.9 Å². The van der Waals surface area contributed by atoms with Crippen LogP contribution in [0.4, 0.5) is 0 Å². The maximum Gasteiger partial charge on any atom is 0.247 e. The predicted octanol–water partition coefficient (Wildman–Crippen LogP) is 4.38. The molecule has 2 rings (SSSR count). The summed E-state index contributed by atoms with van der Waals surface area (Å²) in [5, 5.41) is 8.15. The molecule has 0 saturated carbocycles. The average molecular weight is 355 g/mol. The Morgan fingerprint density at radius 1 is 1.10 bits per heavy atom. The highest BCUT2D eigenvalue weighted by Gasteiger charge is 2.16. The molecule has 1 aromatic carbocycles. The van der Waals surface area contributed by atoms with E-state index in [4.69, 9.17) is 13.9 Å². The molecular weight excluding hydrogens is 336 g/mol. The van der Waals surface area contributed by atoms with Crippen molar-refractivity contribution in [2.24, 2.45) is 0 Å². The number of hydrogen-bond acceptors (Lipinski definition) is 5. The van der Waals surface area contributed by atoms with Gasteiger partial charge in [0, 0.05) is 5.56 Å². The molecule has 2 aromatic rings. The van der Waals surface area contributed by atoms with Crippen molar-refractivity contribution in [3.63, 3.8) is 0 Å². The van der Waals surface area contributed by atoms with Crippen molar-refractivity contribution in [3.05, 3.63) is 24.1 Å². The Morgan fingerprint density at radius 2 is 1.81 bits per heavy atom. The molecule has 6 heteroatoms. The van der Waals surface area contributed by atoms with Gasteiger partial charge in [-0.1, -0.05) is 22.9 Å². The van der Waals surface area contributed by atoms with E-state index in [-0.39, 0.29) is 4.83 Å². The van der Waals surface area contributed by atoms with Gasteiger partial charge in [-0.05, 0) is 38.5 Å². The van der Waals surface area contributed by atoms with E-state index in [0.717, 1.165) is 17.7 Å². The van der Waals surface area contributed by atoms with Gasteiger partial charge in [0.15, 0.2) is 11.5 Å². The van der Waals surface area contributed by atoms with Crippen molar-refractivity contribution in [2.75, 3.05) is 13.2 Å². The van der Waals surface area contributed by atoms with E-state index in [9.17, 15) is 0 Å². The van der Waals surface area contributed by atoms with Crippen LogP contribution in [0.25, 0.3) is 11.5 Å². The number of hydrogen-bond donors (Lipinski definition) is 0. The van der Waals surface area contributed by atoms with Crippen molar-refractivity contribution in [1.29, 1.82) is 0 Å². The van der Waals surface area contributed by atoms with Crippen LogP contribution in [0.3, 0.4) is 0 Å². The van der Waals surface area contributed by atoms with Gasteiger partial charge >= 0.3 is 0 Å². The second-order valence-electron chi connectivity index (χ2n) is 4.35. The molecule has 0 spiro atoms. The summed E-state index contributed by atoms with van der Waals surface area (Å²) < 4.78 is 16.8. The van der Waals surface area contributed by atoms with Crippen LogP contribution in [0.1, 0.15) is 37.9 Å². The Labute approximate surface area is 132 Å². The van der Waals surface area contributed by atoms with Crippen molar-refractivity contribution in [1.82, 2.24) is 10.2 Å². The second kappa shape index (κ2) is 7.45. The number of halogens is 1. The first-order valence-electron chi connectivity index (χ1n) is 7.07. The number of benzene rings is 1. The molecule has 0 aliphatic rings. The Hall–Kier alpha value is -1.56. The van der Waals surface area contributed by atoms with Crippen LogP contribution in [0, 0.1) is 0 Å². The largest absolute Gasteiger partial charge is 0.490 e. The maximum atomic E-state index is 5.69. The van der Waals surface area contributed by atoms with Crippen molar-refractivity contribution in [3.8, 4) is 23.0 Å². The van der Waals surface area contributed by atoms with Gasteiger partial charge in [-0.3, -0.25) is 0 Å². The fourth-order valence-electron chi connectivity index (χ4n) is 1.84. The van der Waals surface area contributed by atoms with Gasteiger partial charge in [0.05, 0.1) is 18.0 Å². The lowest BCUT2D eigenvalue weighted by molar-refractivity contribution is 0.288. The average Bonchev–Trinajstić information content (AvgIpc) is 2.98. The molecule has 0 aliphatic carbocycles. The summed E-state index contributed by atoms with van der Waals surface area (Å²) in [5.41, 5.74) is 0.816. The standard InChI is InChI=1S/C15H19BrN2O3/c1-4-11(16)15-18-17-14(21-15)10-7-8-12(19-5-2)13(9-10)20-6-3/h7-9,11H,4-6H2,1-3H3. The zero-order chi connectivity index (χ0) is 15.2. The maximum absolute atomic E-state index is 5.69. The molecule has 21 heavy (non-hydrogen) atoms. The lowest BCUT2D eigenvalue weighted by atomic mass is 10.2. The number of rotatable bonds is 7. The molecule has 1 unspecified atom stereocenters. The summed E-state index contributed by atoms with van der Waals surface area (Å²) in [4.78, 5) is 0.0767. The Bertz CT molecular complexity index is 586. The van der Waals surface area contributed by atoms with E-state index in [2.05, 4.69) is 26.1 Å². The summed E-state index contributed by atoms with van der Waals surface area (Å²) >= 11 is 3.50. The van der Waals surface area contributed by atoms with Crippen LogP contribution in [0.15, 0.2) is 22.6 Å². The van der Waals surface area contributed by atoms with Crippen molar-refractivity contribution < 1.29 is 13.9 Å². The van der Waals surface area contributed by atoms with Gasteiger partial charge < -0.3 is 13.9 Å². The summed E-state index contributed by atoms with van der Waals surface area (Å²) in [6, 6.07) is 5.61. The highest BCUT2D eigenvalue weighted by atomic mass is 79.9. The first kappa shape index (κ1) is 15.8. The summed E-state index contributed by atoms with van der Waals surface area (Å²) in [7, 11) is 0. The zero-order valence-corrected chi connectivity index (χ0v) is 14.0. The smallest absolute Gasteiger partial charge is 0.247 e. The molecule has 0 bridgehead atoms. The van der Waals surface area contributed by atoms with Crippen molar-refractivity contribution >= 4 is 15.9 Å². The fourth-order valence-corrected chi connectivity index (χ4v) is 2.02. The number of alkyl halides is 1. The molecule has 1 heterocycles.